The van der Waals surface area contributed by atoms with E-state index >= 15 is 0 Å². The van der Waals surface area contributed by atoms with Gasteiger partial charge in [-0.15, -0.1) is 0 Å². The molecule has 0 aromatic heterocycles. The second-order valence-corrected chi connectivity index (χ2v) is 2.35. The Morgan fingerprint density at radius 2 is 2.00 bits per heavy atom. The molecule has 0 saturated carbocycles. The number of hydrogen-bond acceptors (Lipinski definition) is 1. The van der Waals surface area contributed by atoms with Crippen molar-refractivity contribution in [3.8, 4) is 5.75 Å². The molecule has 0 radical (unpaired) electrons. The lowest BCUT2D eigenvalue weighted by Gasteiger charge is -2.02. The van der Waals surface area contributed by atoms with E-state index in [1.54, 1.807) is 6.92 Å². The third kappa shape index (κ3) is 2.64. The van der Waals surface area contributed by atoms with Crippen LogP contribution in [0.3, 0.4) is 0 Å². The van der Waals surface area contributed by atoms with E-state index in [2.05, 4.69) is 0 Å². The molecule has 0 aliphatic heterocycles. The van der Waals surface area contributed by atoms with Crippen molar-refractivity contribution in [2.45, 2.75) is 6.92 Å². The van der Waals surface area contributed by atoms with Gasteiger partial charge < -0.3 is 4.74 Å². The summed E-state index contributed by atoms with van der Waals surface area (Å²) in [5.74, 6) is 1.50. The summed E-state index contributed by atoms with van der Waals surface area (Å²) in [5, 5.41) is 0. The van der Waals surface area contributed by atoms with Crippen molar-refractivity contribution in [1.29, 1.82) is 0 Å². The summed E-state index contributed by atoms with van der Waals surface area (Å²) in [4.78, 5) is 0. The molecule has 0 N–H and O–H groups in total. The Morgan fingerprint density at radius 3 is 2.55 bits per heavy atom. The zero-order valence-corrected chi connectivity index (χ0v) is 7.01. The highest BCUT2D eigenvalue weighted by atomic mass is 35.5. The standard InChI is InChI=1S/C9H9ClO/c1-8(7-10)11-9-5-3-2-4-6-9/h2-7H,1H3. The topological polar surface area (TPSA) is 9.23 Å². The van der Waals surface area contributed by atoms with Gasteiger partial charge in [-0.25, -0.2) is 0 Å². The van der Waals surface area contributed by atoms with Gasteiger partial charge in [0.15, 0.2) is 0 Å². The zero-order valence-electron chi connectivity index (χ0n) is 6.25. The Kier molecular flexibility index (Phi) is 2.99. The molecule has 0 fully saturated rings. The molecular formula is C9H9ClO. The quantitative estimate of drug-likeness (QED) is 0.617. The second kappa shape index (κ2) is 4.04. The van der Waals surface area contributed by atoms with Crippen molar-refractivity contribution >= 4 is 11.6 Å². The normalized spacial score (nSPS) is 11.3. The van der Waals surface area contributed by atoms with Gasteiger partial charge in [-0.2, -0.15) is 0 Å². The molecule has 58 valence electrons. The molecule has 1 aromatic rings. The summed E-state index contributed by atoms with van der Waals surface area (Å²) in [6.45, 7) is 1.81. The van der Waals surface area contributed by atoms with Crippen LogP contribution in [0.25, 0.3) is 0 Å². The van der Waals surface area contributed by atoms with Crippen LogP contribution in [-0.4, -0.2) is 0 Å². The fourth-order valence-electron chi connectivity index (χ4n) is 0.697. The molecule has 1 rings (SSSR count). The fourth-order valence-corrected chi connectivity index (χ4v) is 0.741. The molecule has 0 bridgehead atoms. The van der Waals surface area contributed by atoms with E-state index < -0.39 is 0 Å². The van der Waals surface area contributed by atoms with Crippen LogP contribution in [0.2, 0.25) is 0 Å². The van der Waals surface area contributed by atoms with Gasteiger partial charge >= 0.3 is 0 Å². The molecule has 0 aliphatic rings. The number of allylic oxidation sites excluding steroid dienone is 1. The molecule has 0 heterocycles. The molecule has 0 atom stereocenters. The fraction of sp³-hybridized carbons (Fsp3) is 0.111. The molecule has 1 aromatic carbocycles. The number of para-hydroxylation sites is 1. The van der Waals surface area contributed by atoms with Crippen molar-refractivity contribution in [3.63, 3.8) is 0 Å². The molecule has 2 heteroatoms. The van der Waals surface area contributed by atoms with Gasteiger partial charge in [0.05, 0.1) is 0 Å². The molecule has 0 spiro atoms. The average molecular weight is 169 g/mol. The Hall–Kier alpha value is -0.950. The molecule has 0 unspecified atom stereocenters. The Balaban J connectivity index is 2.65. The monoisotopic (exact) mass is 168 g/mol. The highest BCUT2D eigenvalue weighted by molar-refractivity contribution is 6.25. The first kappa shape index (κ1) is 8.15. The third-order valence-corrected chi connectivity index (χ3v) is 1.48. The van der Waals surface area contributed by atoms with Crippen molar-refractivity contribution in [2.75, 3.05) is 0 Å². The minimum atomic E-state index is 0.692. The number of ether oxygens (including phenoxy) is 1. The maximum Gasteiger partial charge on any atom is 0.126 e. The lowest BCUT2D eigenvalue weighted by molar-refractivity contribution is 0.429. The molecule has 0 saturated heterocycles. The first-order valence-electron chi connectivity index (χ1n) is 3.33. The molecule has 0 aliphatic carbocycles. The van der Waals surface area contributed by atoms with Gasteiger partial charge in [0.2, 0.25) is 0 Å². The van der Waals surface area contributed by atoms with Crippen LogP contribution in [0.1, 0.15) is 6.92 Å². The Labute approximate surface area is 71.3 Å². The smallest absolute Gasteiger partial charge is 0.126 e. The van der Waals surface area contributed by atoms with E-state index in [0.29, 0.717) is 5.76 Å². The summed E-state index contributed by atoms with van der Waals surface area (Å²) in [6, 6.07) is 9.52. The van der Waals surface area contributed by atoms with Crippen LogP contribution in [0.4, 0.5) is 0 Å². The van der Waals surface area contributed by atoms with Crippen LogP contribution in [0.5, 0.6) is 5.75 Å². The minimum Gasteiger partial charge on any atom is -0.461 e. The maximum absolute atomic E-state index is 5.41. The van der Waals surface area contributed by atoms with Gasteiger partial charge in [0, 0.05) is 5.54 Å². The maximum atomic E-state index is 5.41. The van der Waals surface area contributed by atoms with E-state index in [1.165, 1.54) is 5.54 Å². The predicted molar refractivity (Wildman–Crippen MR) is 46.7 cm³/mol. The summed E-state index contributed by atoms with van der Waals surface area (Å²) in [7, 11) is 0. The van der Waals surface area contributed by atoms with Crippen molar-refractivity contribution in [2.24, 2.45) is 0 Å². The molecular weight excluding hydrogens is 160 g/mol. The molecule has 11 heavy (non-hydrogen) atoms. The lowest BCUT2D eigenvalue weighted by Crippen LogP contribution is -1.87. The van der Waals surface area contributed by atoms with Crippen LogP contribution >= 0.6 is 11.6 Å². The second-order valence-electron chi connectivity index (χ2n) is 2.13. The van der Waals surface area contributed by atoms with E-state index in [9.17, 15) is 0 Å². The van der Waals surface area contributed by atoms with Gasteiger partial charge in [0.25, 0.3) is 0 Å². The third-order valence-electron chi connectivity index (χ3n) is 1.18. The summed E-state index contributed by atoms with van der Waals surface area (Å²) in [6.07, 6.45) is 0. The highest BCUT2D eigenvalue weighted by Crippen LogP contribution is 2.12. The number of halogens is 1. The largest absolute Gasteiger partial charge is 0.461 e. The lowest BCUT2D eigenvalue weighted by atomic mass is 10.3. The van der Waals surface area contributed by atoms with Crippen LogP contribution < -0.4 is 4.74 Å². The van der Waals surface area contributed by atoms with E-state index in [1.807, 2.05) is 30.3 Å². The average Bonchev–Trinajstić information content (AvgIpc) is 2.06. The van der Waals surface area contributed by atoms with Gasteiger partial charge in [-0.05, 0) is 19.1 Å². The van der Waals surface area contributed by atoms with Crippen molar-refractivity contribution in [3.05, 3.63) is 41.6 Å². The molecule has 1 nitrogen and oxygen atoms in total. The SMILES string of the molecule is CC(=CCl)Oc1ccccc1. The van der Waals surface area contributed by atoms with Gasteiger partial charge in [-0.3, -0.25) is 0 Å². The summed E-state index contributed by atoms with van der Waals surface area (Å²) < 4.78 is 5.29. The number of rotatable bonds is 2. The molecule has 0 amide bonds. The zero-order chi connectivity index (χ0) is 8.10. The summed E-state index contributed by atoms with van der Waals surface area (Å²) >= 11 is 5.41. The van der Waals surface area contributed by atoms with Gasteiger partial charge in [0.1, 0.15) is 11.5 Å². The highest BCUT2D eigenvalue weighted by Gasteiger charge is 1.90. The minimum absolute atomic E-state index is 0.692. The predicted octanol–water partition coefficient (Wildman–Crippen LogP) is 3.17. The Bertz CT molecular complexity index is 241. The van der Waals surface area contributed by atoms with Crippen molar-refractivity contribution < 1.29 is 4.74 Å². The van der Waals surface area contributed by atoms with Crippen molar-refractivity contribution in [1.82, 2.24) is 0 Å². The van der Waals surface area contributed by atoms with Crippen LogP contribution in [0, 0.1) is 0 Å². The van der Waals surface area contributed by atoms with E-state index in [4.69, 9.17) is 16.3 Å². The first-order chi connectivity index (χ1) is 5.33. The number of hydrogen-bond donors (Lipinski definition) is 0. The van der Waals surface area contributed by atoms with Crippen LogP contribution in [0.15, 0.2) is 41.6 Å². The number of benzene rings is 1. The van der Waals surface area contributed by atoms with Crippen LogP contribution in [-0.2, 0) is 0 Å². The Morgan fingerprint density at radius 1 is 1.36 bits per heavy atom. The van der Waals surface area contributed by atoms with Gasteiger partial charge in [-0.1, -0.05) is 29.8 Å². The summed E-state index contributed by atoms with van der Waals surface area (Å²) in [5.41, 5.74) is 1.41. The first-order valence-corrected chi connectivity index (χ1v) is 3.76. The van der Waals surface area contributed by atoms with E-state index in [0.717, 1.165) is 5.75 Å². The van der Waals surface area contributed by atoms with E-state index in [-0.39, 0.29) is 0 Å².